The Morgan fingerprint density at radius 2 is 1.76 bits per heavy atom. The maximum absolute atomic E-state index is 12.9. The minimum atomic E-state index is -4.48. The fourth-order valence-corrected chi connectivity index (χ4v) is 4.19. The van der Waals surface area contributed by atoms with E-state index in [1.165, 1.54) is 12.1 Å². The highest BCUT2D eigenvalue weighted by molar-refractivity contribution is 7.18. The Kier molecular flexibility index (Phi) is 5.08. The van der Waals surface area contributed by atoms with Gasteiger partial charge in [0.2, 0.25) is 0 Å². The first kappa shape index (κ1) is 19.5. The number of carbonyl (C=O) groups is 1. The molecule has 0 spiro atoms. The quantitative estimate of drug-likeness (QED) is 0.633. The van der Waals surface area contributed by atoms with Gasteiger partial charge in [0.1, 0.15) is 5.75 Å². The average Bonchev–Trinajstić information content (AvgIpc) is 3.17. The van der Waals surface area contributed by atoms with Crippen LogP contribution >= 0.6 is 11.3 Å². The molecule has 0 atom stereocenters. The first-order valence-corrected chi connectivity index (χ1v) is 9.83. The number of nitrogens with zero attached hydrogens (tertiary/aromatic N) is 3. The van der Waals surface area contributed by atoms with Crippen molar-refractivity contribution >= 4 is 33.1 Å². The second-order valence-electron chi connectivity index (χ2n) is 6.68. The van der Waals surface area contributed by atoms with E-state index in [0.717, 1.165) is 11.4 Å². The van der Waals surface area contributed by atoms with E-state index in [2.05, 4.69) is 9.88 Å². The number of alkyl halides is 3. The van der Waals surface area contributed by atoms with Crippen molar-refractivity contribution < 1.29 is 22.7 Å². The van der Waals surface area contributed by atoms with E-state index < -0.39 is 11.2 Å². The summed E-state index contributed by atoms with van der Waals surface area (Å²) >= 11 is 0.558. The van der Waals surface area contributed by atoms with E-state index in [-0.39, 0.29) is 11.4 Å². The van der Waals surface area contributed by atoms with Gasteiger partial charge in [-0.25, -0.2) is 4.98 Å². The largest absolute Gasteiger partial charge is 0.497 e. The predicted molar refractivity (Wildman–Crippen MR) is 106 cm³/mol. The molecule has 152 valence electrons. The molecule has 0 saturated carbocycles. The van der Waals surface area contributed by atoms with Crippen LogP contribution in [-0.2, 0) is 6.18 Å². The van der Waals surface area contributed by atoms with Crippen molar-refractivity contribution in [2.75, 3.05) is 38.2 Å². The van der Waals surface area contributed by atoms with Crippen molar-refractivity contribution in [3.8, 4) is 5.75 Å². The van der Waals surface area contributed by atoms with Gasteiger partial charge in [0.25, 0.3) is 5.91 Å². The van der Waals surface area contributed by atoms with Crippen molar-refractivity contribution in [2.45, 2.75) is 6.18 Å². The number of hydrogen-bond acceptors (Lipinski definition) is 5. The van der Waals surface area contributed by atoms with E-state index in [0.29, 0.717) is 47.8 Å². The molecular formula is C20H18F3N3O2S. The molecule has 29 heavy (non-hydrogen) atoms. The van der Waals surface area contributed by atoms with Gasteiger partial charge in [-0.3, -0.25) is 4.79 Å². The van der Waals surface area contributed by atoms with Crippen LogP contribution in [0.25, 0.3) is 10.2 Å². The molecule has 1 aliphatic heterocycles. The van der Waals surface area contributed by atoms with Crippen LogP contribution in [-0.4, -0.2) is 49.1 Å². The molecule has 1 aliphatic rings. The summed E-state index contributed by atoms with van der Waals surface area (Å²) in [6.07, 6.45) is -4.48. The smallest absolute Gasteiger partial charge is 0.443 e. The number of piperazine rings is 1. The van der Waals surface area contributed by atoms with Crippen LogP contribution in [0.5, 0.6) is 5.75 Å². The SMILES string of the molecule is COc1ccc(N2CCN(C(=O)c3ccc4nc(C(F)(F)F)sc4c3)CC2)cc1. The lowest BCUT2D eigenvalue weighted by molar-refractivity contribution is -0.137. The second kappa shape index (κ2) is 7.55. The summed E-state index contributed by atoms with van der Waals surface area (Å²) in [5.74, 6) is 0.609. The highest BCUT2D eigenvalue weighted by Crippen LogP contribution is 2.35. The zero-order valence-electron chi connectivity index (χ0n) is 15.6. The van der Waals surface area contributed by atoms with Crippen LogP contribution in [0.4, 0.5) is 18.9 Å². The highest BCUT2D eigenvalue weighted by atomic mass is 32.1. The number of anilines is 1. The maximum atomic E-state index is 12.9. The average molecular weight is 421 g/mol. The summed E-state index contributed by atoms with van der Waals surface area (Å²) < 4.78 is 44.1. The molecule has 9 heteroatoms. The van der Waals surface area contributed by atoms with Crippen molar-refractivity contribution in [3.05, 3.63) is 53.0 Å². The minimum absolute atomic E-state index is 0.178. The molecule has 0 radical (unpaired) electrons. The van der Waals surface area contributed by atoms with Crippen molar-refractivity contribution in [1.29, 1.82) is 0 Å². The molecule has 1 aromatic heterocycles. The first-order valence-electron chi connectivity index (χ1n) is 9.01. The zero-order valence-corrected chi connectivity index (χ0v) is 16.4. The third kappa shape index (κ3) is 4.00. The molecule has 0 unspecified atom stereocenters. The Balaban J connectivity index is 1.45. The van der Waals surface area contributed by atoms with E-state index >= 15 is 0 Å². The number of carbonyl (C=O) groups excluding carboxylic acids is 1. The van der Waals surface area contributed by atoms with E-state index in [1.807, 2.05) is 24.3 Å². The molecule has 1 amide bonds. The van der Waals surface area contributed by atoms with Gasteiger partial charge in [-0.05, 0) is 42.5 Å². The summed E-state index contributed by atoms with van der Waals surface area (Å²) in [6.45, 7) is 2.44. The Labute approximate surface area is 169 Å². The maximum Gasteiger partial charge on any atom is 0.443 e. The lowest BCUT2D eigenvalue weighted by Crippen LogP contribution is -2.48. The van der Waals surface area contributed by atoms with Gasteiger partial charge < -0.3 is 14.5 Å². The molecule has 1 saturated heterocycles. The molecule has 2 heterocycles. The molecule has 1 fully saturated rings. The Bertz CT molecular complexity index is 1030. The number of benzene rings is 2. The number of thiazole rings is 1. The van der Waals surface area contributed by atoms with Crippen LogP contribution in [0.2, 0.25) is 0 Å². The number of methoxy groups -OCH3 is 1. The molecule has 3 aromatic rings. The van der Waals surface area contributed by atoms with Gasteiger partial charge in [0.15, 0.2) is 5.01 Å². The van der Waals surface area contributed by atoms with E-state index in [9.17, 15) is 18.0 Å². The van der Waals surface area contributed by atoms with E-state index in [1.54, 1.807) is 18.1 Å². The lowest BCUT2D eigenvalue weighted by Gasteiger charge is -2.36. The van der Waals surface area contributed by atoms with Gasteiger partial charge >= 0.3 is 6.18 Å². The number of aromatic nitrogens is 1. The molecule has 2 aromatic carbocycles. The minimum Gasteiger partial charge on any atom is -0.497 e. The van der Waals surface area contributed by atoms with Crippen LogP contribution < -0.4 is 9.64 Å². The van der Waals surface area contributed by atoms with Crippen LogP contribution in [0.1, 0.15) is 15.4 Å². The zero-order chi connectivity index (χ0) is 20.6. The summed E-state index contributed by atoms with van der Waals surface area (Å²) in [5.41, 5.74) is 1.69. The molecule has 5 nitrogen and oxygen atoms in total. The third-order valence-electron chi connectivity index (χ3n) is 4.88. The van der Waals surface area contributed by atoms with Crippen molar-refractivity contribution in [2.24, 2.45) is 0 Å². The standard InChI is InChI=1S/C20H18F3N3O2S/c1-28-15-5-3-14(4-6-15)25-8-10-26(11-9-25)18(27)13-2-7-16-17(12-13)29-19(24-16)20(21,22)23/h2-7,12H,8-11H2,1H3. The summed E-state index contributed by atoms with van der Waals surface area (Å²) in [4.78, 5) is 20.3. The number of rotatable bonds is 3. The molecule has 0 N–H and O–H groups in total. The Morgan fingerprint density at radius 3 is 2.38 bits per heavy atom. The lowest BCUT2D eigenvalue weighted by atomic mass is 10.1. The summed E-state index contributed by atoms with van der Waals surface area (Å²) in [7, 11) is 1.62. The Hall–Kier alpha value is -2.81. The van der Waals surface area contributed by atoms with Crippen molar-refractivity contribution in [3.63, 3.8) is 0 Å². The highest BCUT2D eigenvalue weighted by Gasteiger charge is 2.35. The van der Waals surface area contributed by atoms with Crippen LogP contribution in [0, 0.1) is 0 Å². The molecule has 4 rings (SSSR count). The number of amides is 1. The number of hydrogen-bond donors (Lipinski definition) is 0. The molecule has 0 aliphatic carbocycles. The summed E-state index contributed by atoms with van der Waals surface area (Å²) in [6, 6.07) is 12.3. The summed E-state index contributed by atoms with van der Waals surface area (Å²) in [5, 5.41) is -0.898. The fraction of sp³-hybridized carbons (Fsp3) is 0.300. The van der Waals surface area contributed by atoms with Gasteiger partial charge in [-0.2, -0.15) is 13.2 Å². The van der Waals surface area contributed by atoms with E-state index in [4.69, 9.17) is 4.74 Å². The normalized spacial score (nSPS) is 15.0. The number of ether oxygens (including phenoxy) is 1. The number of fused-ring (bicyclic) bond motifs is 1. The first-order chi connectivity index (χ1) is 13.8. The molecular weight excluding hydrogens is 403 g/mol. The fourth-order valence-electron chi connectivity index (χ4n) is 3.32. The molecule has 0 bridgehead atoms. The van der Waals surface area contributed by atoms with Gasteiger partial charge in [-0.15, -0.1) is 11.3 Å². The van der Waals surface area contributed by atoms with Gasteiger partial charge in [-0.1, -0.05) is 0 Å². The predicted octanol–water partition coefficient (Wildman–Crippen LogP) is 4.29. The van der Waals surface area contributed by atoms with Gasteiger partial charge in [0.05, 0.1) is 17.3 Å². The third-order valence-corrected chi connectivity index (χ3v) is 5.95. The van der Waals surface area contributed by atoms with Crippen molar-refractivity contribution in [1.82, 2.24) is 9.88 Å². The topological polar surface area (TPSA) is 45.7 Å². The second-order valence-corrected chi connectivity index (χ2v) is 7.71. The monoisotopic (exact) mass is 421 g/mol. The number of halogens is 3. The van der Waals surface area contributed by atoms with Crippen LogP contribution in [0.15, 0.2) is 42.5 Å². The van der Waals surface area contributed by atoms with Gasteiger partial charge in [0, 0.05) is 37.4 Å². The van der Waals surface area contributed by atoms with Crippen LogP contribution in [0.3, 0.4) is 0 Å². The Morgan fingerprint density at radius 1 is 1.07 bits per heavy atom.